The number of thioether (sulfide) groups is 1. The van der Waals surface area contributed by atoms with Crippen LogP contribution < -0.4 is 5.32 Å². The van der Waals surface area contributed by atoms with Gasteiger partial charge in [0.15, 0.2) is 0 Å². The summed E-state index contributed by atoms with van der Waals surface area (Å²) in [6.07, 6.45) is 4.10. The van der Waals surface area contributed by atoms with Crippen molar-refractivity contribution in [2.24, 2.45) is 0 Å². The third-order valence-electron chi connectivity index (χ3n) is 2.93. The molecule has 2 N–H and O–H groups in total. The summed E-state index contributed by atoms with van der Waals surface area (Å²) in [5.74, 6) is 0.0184. The Morgan fingerprint density at radius 2 is 2.47 bits per heavy atom. The van der Waals surface area contributed by atoms with Gasteiger partial charge in [0, 0.05) is 18.2 Å². The van der Waals surface area contributed by atoms with Crippen LogP contribution in [0, 0.1) is 0 Å². The van der Waals surface area contributed by atoms with Gasteiger partial charge in [-0.2, -0.15) is 8.75 Å². The third kappa shape index (κ3) is 4.02. The number of nitrogens with one attached hydrogen (secondary N) is 1. The van der Waals surface area contributed by atoms with Gasteiger partial charge in [-0.1, -0.05) is 6.08 Å². The van der Waals surface area contributed by atoms with Crippen LogP contribution in [0.1, 0.15) is 31.9 Å². The van der Waals surface area contributed by atoms with Crippen molar-refractivity contribution in [3.05, 3.63) is 11.8 Å². The summed E-state index contributed by atoms with van der Waals surface area (Å²) in [5, 5.41) is 13.0. The van der Waals surface area contributed by atoms with E-state index < -0.39 is 5.97 Å². The van der Waals surface area contributed by atoms with Gasteiger partial charge in [-0.25, -0.2) is 0 Å². The molecule has 0 bridgehead atoms. The molecule has 1 unspecified atom stereocenters. The summed E-state index contributed by atoms with van der Waals surface area (Å²) in [6, 6.07) is 0.302. The van der Waals surface area contributed by atoms with Gasteiger partial charge < -0.3 is 10.4 Å². The van der Waals surface area contributed by atoms with E-state index in [1.807, 2.05) is 0 Å². The van der Waals surface area contributed by atoms with Crippen molar-refractivity contribution in [2.45, 2.75) is 37.3 Å². The fraction of sp³-hybridized carbons (Fsp3) is 0.583. The predicted molar refractivity (Wildman–Crippen MR) is 77.6 cm³/mol. The summed E-state index contributed by atoms with van der Waals surface area (Å²) in [5.41, 5.74) is 2.17. The van der Waals surface area contributed by atoms with Crippen LogP contribution in [-0.4, -0.2) is 38.2 Å². The maximum atomic E-state index is 10.5. The molecule has 0 aromatic carbocycles. The van der Waals surface area contributed by atoms with Gasteiger partial charge >= 0.3 is 5.97 Å². The Morgan fingerprint density at radius 3 is 3.21 bits per heavy atom. The normalized spacial score (nSPS) is 19.2. The standard InChI is InChI=1S/C12H17N3O2S2/c1-8-9(4-2-6-13-8)11-12(15-19-14-11)18-7-3-5-10(16)17/h4,8,13H,2-3,5-7H2,1H3,(H,16,17). The predicted octanol–water partition coefficient (Wildman–Crippen LogP) is 2.26. The zero-order valence-electron chi connectivity index (χ0n) is 10.8. The molecule has 2 rings (SSSR count). The lowest BCUT2D eigenvalue weighted by atomic mass is 10.0. The van der Waals surface area contributed by atoms with E-state index in [-0.39, 0.29) is 6.42 Å². The Morgan fingerprint density at radius 1 is 1.63 bits per heavy atom. The first-order valence-corrected chi connectivity index (χ1v) is 8.01. The van der Waals surface area contributed by atoms with Crippen LogP contribution >= 0.6 is 23.5 Å². The van der Waals surface area contributed by atoms with Crippen LogP contribution in [0.4, 0.5) is 0 Å². The van der Waals surface area contributed by atoms with Gasteiger partial charge in [0.2, 0.25) is 0 Å². The van der Waals surface area contributed by atoms with E-state index in [1.165, 1.54) is 17.3 Å². The Labute approximate surface area is 120 Å². The minimum Gasteiger partial charge on any atom is -0.481 e. The molecule has 0 saturated heterocycles. The maximum absolute atomic E-state index is 10.5. The summed E-state index contributed by atoms with van der Waals surface area (Å²) < 4.78 is 8.71. The van der Waals surface area contributed by atoms with Crippen molar-refractivity contribution in [1.82, 2.24) is 14.1 Å². The highest BCUT2D eigenvalue weighted by atomic mass is 32.2. The Balaban J connectivity index is 1.97. The number of rotatable bonds is 6. The second-order valence-electron chi connectivity index (χ2n) is 4.39. The molecule has 0 aliphatic carbocycles. The highest BCUT2D eigenvalue weighted by Gasteiger charge is 2.20. The van der Waals surface area contributed by atoms with Gasteiger partial charge in [-0.05, 0) is 31.9 Å². The number of carboxylic acids is 1. The largest absolute Gasteiger partial charge is 0.481 e. The van der Waals surface area contributed by atoms with Crippen molar-refractivity contribution in [3.63, 3.8) is 0 Å². The van der Waals surface area contributed by atoms with Crippen molar-refractivity contribution in [2.75, 3.05) is 12.3 Å². The summed E-state index contributed by atoms with van der Waals surface area (Å²) in [6.45, 7) is 3.13. The van der Waals surface area contributed by atoms with Gasteiger partial charge in [0.05, 0.1) is 11.7 Å². The van der Waals surface area contributed by atoms with Crippen molar-refractivity contribution in [1.29, 1.82) is 0 Å². The molecule has 2 heterocycles. The first-order valence-electron chi connectivity index (χ1n) is 6.29. The molecule has 1 aromatic heterocycles. The number of hydrogen-bond acceptors (Lipinski definition) is 6. The Hall–Kier alpha value is -0.920. The topological polar surface area (TPSA) is 75.1 Å². The number of carboxylic acid groups (broad SMARTS) is 1. The lowest BCUT2D eigenvalue weighted by Crippen LogP contribution is -2.31. The number of aromatic nitrogens is 2. The zero-order chi connectivity index (χ0) is 13.7. The minimum absolute atomic E-state index is 0.209. The molecule has 7 heteroatoms. The van der Waals surface area contributed by atoms with E-state index in [9.17, 15) is 4.79 Å². The van der Waals surface area contributed by atoms with Gasteiger partial charge in [0.1, 0.15) is 10.7 Å². The van der Waals surface area contributed by atoms with E-state index in [2.05, 4.69) is 27.1 Å². The monoisotopic (exact) mass is 299 g/mol. The molecule has 0 fully saturated rings. The highest BCUT2D eigenvalue weighted by molar-refractivity contribution is 7.99. The summed E-state index contributed by atoms with van der Waals surface area (Å²) in [7, 11) is 0. The van der Waals surface area contributed by atoms with E-state index in [0.29, 0.717) is 12.5 Å². The first-order chi connectivity index (χ1) is 9.18. The van der Waals surface area contributed by atoms with Crippen LogP contribution in [0.15, 0.2) is 11.1 Å². The third-order valence-corrected chi connectivity index (χ3v) is 4.63. The smallest absolute Gasteiger partial charge is 0.303 e. The number of aliphatic carboxylic acids is 1. The van der Waals surface area contributed by atoms with Gasteiger partial charge in [-0.15, -0.1) is 11.8 Å². The molecular weight excluding hydrogens is 282 g/mol. The van der Waals surface area contributed by atoms with Crippen LogP contribution in [-0.2, 0) is 4.79 Å². The Bertz CT molecular complexity index is 473. The van der Waals surface area contributed by atoms with Gasteiger partial charge in [0.25, 0.3) is 0 Å². The second kappa shape index (κ2) is 7.02. The van der Waals surface area contributed by atoms with E-state index in [1.54, 1.807) is 11.8 Å². The van der Waals surface area contributed by atoms with Crippen LogP contribution in [0.25, 0.3) is 5.57 Å². The van der Waals surface area contributed by atoms with Crippen LogP contribution in [0.5, 0.6) is 0 Å². The molecule has 0 amide bonds. The number of nitrogens with zero attached hydrogens (tertiary/aromatic N) is 2. The van der Waals surface area contributed by atoms with Gasteiger partial charge in [-0.3, -0.25) is 4.79 Å². The molecule has 0 saturated carbocycles. The average Bonchev–Trinajstić information content (AvgIpc) is 2.83. The molecular formula is C12H17N3O2S2. The number of carbonyl (C=O) groups is 1. The van der Waals surface area contributed by atoms with Crippen molar-refractivity contribution in [3.8, 4) is 0 Å². The van der Waals surface area contributed by atoms with E-state index in [0.717, 1.165) is 29.4 Å². The molecule has 5 nitrogen and oxygen atoms in total. The van der Waals surface area contributed by atoms with E-state index >= 15 is 0 Å². The minimum atomic E-state index is -0.745. The maximum Gasteiger partial charge on any atom is 0.303 e. The zero-order valence-corrected chi connectivity index (χ0v) is 12.4. The quantitative estimate of drug-likeness (QED) is 0.620. The Kier molecular flexibility index (Phi) is 5.35. The van der Waals surface area contributed by atoms with Crippen LogP contribution in [0.3, 0.4) is 0 Å². The molecule has 1 aliphatic heterocycles. The second-order valence-corrected chi connectivity index (χ2v) is 6.00. The van der Waals surface area contributed by atoms with Crippen molar-refractivity contribution < 1.29 is 9.90 Å². The molecule has 1 aliphatic rings. The fourth-order valence-electron chi connectivity index (χ4n) is 1.96. The molecule has 104 valence electrons. The SMILES string of the molecule is CC1NCCC=C1c1nsnc1SCCCC(=O)O. The van der Waals surface area contributed by atoms with Crippen molar-refractivity contribution >= 4 is 35.0 Å². The lowest BCUT2D eigenvalue weighted by molar-refractivity contribution is -0.137. The summed E-state index contributed by atoms with van der Waals surface area (Å²) in [4.78, 5) is 10.5. The molecule has 19 heavy (non-hydrogen) atoms. The average molecular weight is 299 g/mol. The van der Waals surface area contributed by atoms with E-state index in [4.69, 9.17) is 5.11 Å². The lowest BCUT2D eigenvalue weighted by Gasteiger charge is -2.21. The first kappa shape index (κ1) is 14.5. The van der Waals surface area contributed by atoms with Crippen LogP contribution in [0.2, 0.25) is 0 Å². The molecule has 0 radical (unpaired) electrons. The molecule has 0 spiro atoms. The molecule has 1 aromatic rings. The fourth-order valence-corrected chi connectivity index (χ4v) is 3.59. The highest BCUT2D eigenvalue weighted by Crippen LogP contribution is 2.30. The molecule has 1 atom stereocenters. The number of hydrogen-bond donors (Lipinski definition) is 2. The summed E-state index contributed by atoms with van der Waals surface area (Å²) >= 11 is 2.82.